The zero-order valence-corrected chi connectivity index (χ0v) is 9.89. The molecule has 1 aromatic carbocycles. The smallest absolute Gasteiger partial charge is 0.221 e. The van der Waals surface area contributed by atoms with Gasteiger partial charge in [0.15, 0.2) is 0 Å². The van der Waals surface area contributed by atoms with E-state index in [9.17, 15) is 0 Å². The van der Waals surface area contributed by atoms with Gasteiger partial charge in [0.05, 0.1) is 0 Å². The first kappa shape index (κ1) is 11.5. The Morgan fingerprint density at radius 3 is 2.53 bits per heavy atom. The monoisotopic (exact) mass is 228 g/mol. The number of ether oxygens (including phenoxy) is 1. The first-order valence-electron chi connectivity index (χ1n) is 5.77. The molecule has 0 atom stereocenters. The van der Waals surface area contributed by atoms with Crippen molar-refractivity contribution in [2.24, 2.45) is 0 Å². The van der Waals surface area contributed by atoms with E-state index in [-0.39, 0.29) is 0 Å². The van der Waals surface area contributed by atoms with E-state index in [1.807, 2.05) is 18.2 Å². The summed E-state index contributed by atoms with van der Waals surface area (Å²) in [4.78, 5) is 4.08. The fourth-order valence-corrected chi connectivity index (χ4v) is 1.62. The number of rotatable bonds is 4. The Hall–Kier alpha value is -2.03. The summed E-state index contributed by atoms with van der Waals surface area (Å²) >= 11 is 0. The van der Waals surface area contributed by atoms with E-state index in [2.05, 4.69) is 24.0 Å². The van der Waals surface area contributed by atoms with E-state index in [1.54, 1.807) is 12.1 Å². The van der Waals surface area contributed by atoms with Crippen molar-refractivity contribution in [1.29, 1.82) is 0 Å². The normalized spacial score (nSPS) is 10.2. The molecule has 17 heavy (non-hydrogen) atoms. The van der Waals surface area contributed by atoms with Crippen LogP contribution in [0.15, 0.2) is 42.5 Å². The SMILES string of the molecule is CCCc1ccc(Oc2cccc(N)n2)cc1. The van der Waals surface area contributed by atoms with Gasteiger partial charge in [0.1, 0.15) is 11.6 Å². The van der Waals surface area contributed by atoms with Crippen molar-refractivity contribution in [3.05, 3.63) is 48.0 Å². The Kier molecular flexibility index (Phi) is 3.60. The molecule has 3 nitrogen and oxygen atoms in total. The second-order valence-corrected chi connectivity index (χ2v) is 3.90. The molecule has 3 heteroatoms. The molecular weight excluding hydrogens is 212 g/mol. The van der Waals surface area contributed by atoms with Gasteiger partial charge in [-0.15, -0.1) is 0 Å². The summed E-state index contributed by atoms with van der Waals surface area (Å²) in [6.45, 7) is 2.17. The predicted octanol–water partition coefficient (Wildman–Crippen LogP) is 3.41. The van der Waals surface area contributed by atoms with Gasteiger partial charge in [-0.3, -0.25) is 0 Å². The number of pyridine rings is 1. The van der Waals surface area contributed by atoms with Gasteiger partial charge in [0, 0.05) is 6.07 Å². The fraction of sp³-hybridized carbons (Fsp3) is 0.214. The number of aryl methyl sites for hydroxylation is 1. The molecule has 1 heterocycles. The van der Waals surface area contributed by atoms with Crippen molar-refractivity contribution in [2.75, 3.05) is 5.73 Å². The standard InChI is InChI=1S/C14H16N2O/c1-2-4-11-7-9-12(10-8-11)17-14-6-3-5-13(15)16-14/h3,5-10H,2,4H2,1H3,(H2,15,16). The van der Waals surface area contributed by atoms with E-state index < -0.39 is 0 Å². The third kappa shape index (κ3) is 3.21. The quantitative estimate of drug-likeness (QED) is 0.872. The average Bonchev–Trinajstić information content (AvgIpc) is 2.32. The van der Waals surface area contributed by atoms with Crippen LogP contribution in [0, 0.1) is 0 Å². The Morgan fingerprint density at radius 1 is 1.12 bits per heavy atom. The summed E-state index contributed by atoms with van der Waals surface area (Å²) in [7, 11) is 0. The molecule has 88 valence electrons. The summed E-state index contributed by atoms with van der Waals surface area (Å²) in [5.74, 6) is 1.77. The summed E-state index contributed by atoms with van der Waals surface area (Å²) in [6.07, 6.45) is 2.24. The summed E-state index contributed by atoms with van der Waals surface area (Å²) < 4.78 is 5.60. The van der Waals surface area contributed by atoms with Crippen LogP contribution in [0.25, 0.3) is 0 Å². The van der Waals surface area contributed by atoms with Crippen LogP contribution >= 0.6 is 0 Å². The molecule has 0 amide bonds. The molecule has 2 aromatic rings. The highest BCUT2D eigenvalue weighted by molar-refractivity contribution is 5.35. The minimum absolute atomic E-state index is 0.463. The van der Waals surface area contributed by atoms with E-state index in [0.29, 0.717) is 11.7 Å². The van der Waals surface area contributed by atoms with Gasteiger partial charge in [0.2, 0.25) is 5.88 Å². The van der Waals surface area contributed by atoms with Crippen LogP contribution in [-0.2, 0) is 6.42 Å². The maximum atomic E-state index is 5.60. The average molecular weight is 228 g/mol. The van der Waals surface area contributed by atoms with Crippen LogP contribution < -0.4 is 10.5 Å². The van der Waals surface area contributed by atoms with E-state index in [1.165, 1.54) is 5.56 Å². The van der Waals surface area contributed by atoms with Crippen molar-refractivity contribution in [1.82, 2.24) is 4.98 Å². The highest BCUT2D eigenvalue weighted by Crippen LogP contribution is 2.20. The number of aromatic nitrogens is 1. The van der Waals surface area contributed by atoms with E-state index in [0.717, 1.165) is 18.6 Å². The van der Waals surface area contributed by atoms with Crippen LogP contribution in [0.3, 0.4) is 0 Å². The summed E-state index contributed by atoms with van der Waals surface area (Å²) in [6, 6.07) is 13.4. The topological polar surface area (TPSA) is 48.1 Å². The molecule has 0 unspecified atom stereocenters. The molecule has 0 saturated heterocycles. The van der Waals surface area contributed by atoms with Gasteiger partial charge >= 0.3 is 0 Å². The first-order chi connectivity index (χ1) is 8.28. The van der Waals surface area contributed by atoms with E-state index >= 15 is 0 Å². The second kappa shape index (κ2) is 5.34. The van der Waals surface area contributed by atoms with Crippen LogP contribution in [0.4, 0.5) is 5.82 Å². The molecule has 2 rings (SSSR count). The van der Waals surface area contributed by atoms with E-state index in [4.69, 9.17) is 10.5 Å². The zero-order chi connectivity index (χ0) is 12.1. The van der Waals surface area contributed by atoms with Gasteiger partial charge in [-0.25, -0.2) is 0 Å². The maximum absolute atomic E-state index is 5.60. The fourth-order valence-electron chi connectivity index (χ4n) is 1.62. The van der Waals surface area contributed by atoms with Crippen molar-refractivity contribution in [3.8, 4) is 11.6 Å². The summed E-state index contributed by atoms with van der Waals surface area (Å²) in [5.41, 5.74) is 6.90. The van der Waals surface area contributed by atoms with Gasteiger partial charge in [-0.1, -0.05) is 31.5 Å². The lowest BCUT2D eigenvalue weighted by Gasteiger charge is -2.06. The predicted molar refractivity (Wildman–Crippen MR) is 69.2 cm³/mol. The first-order valence-corrected chi connectivity index (χ1v) is 5.77. The maximum Gasteiger partial charge on any atom is 0.221 e. The molecule has 0 bridgehead atoms. The lowest BCUT2D eigenvalue weighted by Crippen LogP contribution is -1.93. The Morgan fingerprint density at radius 2 is 1.88 bits per heavy atom. The molecule has 0 spiro atoms. The Bertz CT molecular complexity index is 480. The van der Waals surface area contributed by atoms with Gasteiger partial charge in [-0.2, -0.15) is 4.98 Å². The van der Waals surface area contributed by atoms with Crippen LogP contribution in [0.5, 0.6) is 11.6 Å². The lowest BCUT2D eigenvalue weighted by molar-refractivity contribution is 0.463. The van der Waals surface area contributed by atoms with Crippen molar-refractivity contribution in [3.63, 3.8) is 0 Å². The lowest BCUT2D eigenvalue weighted by atomic mass is 10.1. The minimum Gasteiger partial charge on any atom is -0.439 e. The van der Waals surface area contributed by atoms with Crippen LogP contribution in [-0.4, -0.2) is 4.98 Å². The molecular formula is C14H16N2O. The van der Waals surface area contributed by atoms with Crippen LogP contribution in [0.1, 0.15) is 18.9 Å². The van der Waals surface area contributed by atoms with Crippen LogP contribution in [0.2, 0.25) is 0 Å². The molecule has 0 aliphatic rings. The second-order valence-electron chi connectivity index (χ2n) is 3.90. The molecule has 0 aliphatic carbocycles. The molecule has 0 fully saturated rings. The highest BCUT2D eigenvalue weighted by Gasteiger charge is 1.99. The number of nitrogen functional groups attached to an aromatic ring is 1. The van der Waals surface area contributed by atoms with Crippen molar-refractivity contribution in [2.45, 2.75) is 19.8 Å². The molecule has 0 radical (unpaired) electrons. The number of hydrogen-bond donors (Lipinski definition) is 1. The Labute approximate surface area is 101 Å². The van der Waals surface area contributed by atoms with Gasteiger partial charge in [0.25, 0.3) is 0 Å². The number of hydrogen-bond acceptors (Lipinski definition) is 3. The number of nitrogens with two attached hydrogens (primary N) is 1. The van der Waals surface area contributed by atoms with Crippen molar-refractivity contribution < 1.29 is 4.74 Å². The third-order valence-electron chi connectivity index (χ3n) is 2.43. The number of anilines is 1. The third-order valence-corrected chi connectivity index (χ3v) is 2.43. The molecule has 1 aromatic heterocycles. The molecule has 0 aliphatic heterocycles. The summed E-state index contributed by atoms with van der Waals surface area (Å²) in [5, 5.41) is 0. The van der Waals surface area contributed by atoms with Crippen molar-refractivity contribution >= 4 is 5.82 Å². The largest absolute Gasteiger partial charge is 0.439 e. The van der Waals surface area contributed by atoms with Gasteiger partial charge in [-0.05, 0) is 30.2 Å². The van der Waals surface area contributed by atoms with Gasteiger partial charge < -0.3 is 10.5 Å². The number of benzene rings is 1. The Balaban J connectivity index is 2.08. The molecule has 0 saturated carbocycles. The minimum atomic E-state index is 0.463. The number of nitrogens with zero attached hydrogens (tertiary/aromatic N) is 1. The highest BCUT2D eigenvalue weighted by atomic mass is 16.5. The molecule has 2 N–H and O–H groups in total. The zero-order valence-electron chi connectivity index (χ0n) is 9.89.